The van der Waals surface area contributed by atoms with Crippen LogP contribution in [0.5, 0.6) is 0 Å². The Bertz CT molecular complexity index is 1800. The zero-order chi connectivity index (χ0) is 34.4. The molecule has 0 N–H and O–H groups in total. The maximum atomic E-state index is 2.81. The van der Waals surface area contributed by atoms with Gasteiger partial charge in [-0.3, -0.25) is 0 Å². The predicted octanol–water partition coefficient (Wildman–Crippen LogP) is 8.67. The van der Waals surface area contributed by atoms with Crippen LogP contribution in [0.3, 0.4) is 0 Å². The van der Waals surface area contributed by atoms with Gasteiger partial charge in [0.25, 0.3) is 0 Å². The van der Waals surface area contributed by atoms with E-state index in [1.54, 1.807) is 30.6 Å². The normalized spacial score (nSPS) is 21.2. The van der Waals surface area contributed by atoms with Gasteiger partial charge in [0, 0.05) is 0 Å². The zero-order valence-corrected chi connectivity index (χ0v) is 37.2. The molecule has 1 heterocycles. The first kappa shape index (κ1) is 39.1. The Balaban J connectivity index is 0.00000218. The fourth-order valence-corrected chi connectivity index (χ4v) is 39.6. The fourth-order valence-electron chi connectivity index (χ4n) is 11.4. The first-order valence-corrected chi connectivity index (χ1v) is 30.3. The van der Waals surface area contributed by atoms with Crippen molar-refractivity contribution in [1.29, 1.82) is 0 Å². The monoisotopic (exact) mass is 908 g/mol. The number of hydrogen-bond donors (Lipinski definition) is 0. The minimum atomic E-state index is -3.06. The summed E-state index contributed by atoms with van der Waals surface area (Å²) in [5, 5.41) is 0. The van der Waals surface area contributed by atoms with Gasteiger partial charge in [-0.05, 0) is 0 Å². The number of halogens is 2. The Morgan fingerprint density at radius 1 is 0.491 bits per heavy atom. The van der Waals surface area contributed by atoms with E-state index in [4.69, 9.17) is 0 Å². The summed E-state index contributed by atoms with van der Waals surface area (Å²) >= 11 is -3.06. The molecule has 5 aliphatic rings. The molecule has 276 valence electrons. The third kappa shape index (κ3) is 7.31. The van der Waals surface area contributed by atoms with Crippen LogP contribution >= 0.6 is 0 Å². The van der Waals surface area contributed by atoms with Gasteiger partial charge in [0.05, 0.1) is 0 Å². The molecule has 0 nitrogen and oxygen atoms in total. The minimum absolute atomic E-state index is 0. The Labute approximate surface area is 337 Å². The van der Waals surface area contributed by atoms with Crippen LogP contribution in [0.25, 0.3) is 34.4 Å². The molecule has 1 aliphatic heterocycles. The molecule has 4 aromatic rings. The molecule has 0 spiro atoms. The molecule has 0 bridgehead atoms. The number of allylic oxidation sites excluding steroid dienone is 2. The van der Waals surface area contributed by atoms with E-state index in [-0.39, 0.29) is 24.8 Å². The molecule has 2 saturated carbocycles. The van der Waals surface area contributed by atoms with Crippen molar-refractivity contribution >= 4 is 12.2 Å². The molecule has 1 saturated heterocycles. The summed E-state index contributed by atoms with van der Waals surface area (Å²) in [6.45, 7) is 4.58. The molecule has 4 aromatic carbocycles. The molecule has 3 fully saturated rings. The van der Waals surface area contributed by atoms with E-state index in [0.717, 1.165) is 19.2 Å². The summed E-state index contributed by atoms with van der Waals surface area (Å²) in [6.07, 6.45) is 24.5. The van der Waals surface area contributed by atoms with Crippen LogP contribution in [0.4, 0.5) is 0 Å². The van der Waals surface area contributed by atoms with Gasteiger partial charge in [0.2, 0.25) is 0 Å². The third-order valence-electron chi connectivity index (χ3n) is 13.9. The van der Waals surface area contributed by atoms with Crippen LogP contribution in [0, 0.1) is 11.8 Å². The van der Waals surface area contributed by atoms with Crippen LogP contribution in [-0.2, 0) is 32.8 Å². The second-order valence-electron chi connectivity index (χ2n) is 17.1. The molecule has 0 radical (unpaired) electrons. The van der Waals surface area contributed by atoms with Gasteiger partial charge in [0.15, 0.2) is 0 Å². The van der Waals surface area contributed by atoms with Gasteiger partial charge in [-0.2, -0.15) is 0 Å². The SMILES string of the molecule is CCCc1ccc(-c2cccc3c2C=C(C2CCCCC2)[CH]3[Hf+2]2([CH]3C(C4CCCCC4)=Cc4c(-c5ccc(CCC)cc5)cccc43)[CH2][CH2]2)cc1.[Cl-].[Cl-]. The second kappa shape index (κ2) is 16.9. The van der Waals surface area contributed by atoms with Crippen LogP contribution < -0.4 is 24.8 Å². The largest absolute Gasteiger partial charge is 1.00 e. The summed E-state index contributed by atoms with van der Waals surface area (Å²) in [6, 6.07) is 34.2. The van der Waals surface area contributed by atoms with Gasteiger partial charge < -0.3 is 24.8 Å². The van der Waals surface area contributed by atoms with Crippen molar-refractivity contribution in [2.24, 2.45) is 11.8 Å². The number of aryl methyl sites for hydroxylation is 2. The number of fused-ring (bicyclic) bond motifs is 2. The first-order valence-electron chi connectivity index (χ1n) is 21.1. The van der Waals surface area contributed by atoms with Crippen molar-refractivity contribution in [2.75, 3.05) is 0 Å². The van der Waals surface area contributed by atoms with Crippen LogP contribution in [0.1, 0.15) is 132 Å². The van der Waals surface area contributed by atoms with Crippen molar-refractivity contribution in [3.63, 3.8) is 0 Å². The third-order valence-corrected chi connectivity index (χ3v) is 32.8. The van der Waals surface area contributed by atoms with Gasteiger partial charge in [-0.15, -0.1) is 0 Å². The first-order chi connectivity index (χ1) is 25.2. The van der Waals surface area contributed by atoms with Crippen molar-refractivity contribution in [1.82, 2.24) is 0 Å². The minimum Gasteiger partial charge on any atom is -1.00 e. The Morgan fingerprint density at radius 3 is 1.25 bits per heavy atom. The van der Waals surface area contributed by atoms with E-state index >= 15 is 0 Å². The maximum absolute atomic E-state index is 3.06. The number of benzene rings is 4. The van der Waals surface area contributed by atoms with E-state index in [0.29, 0.717) is 0 Å². The summed E-state index contributed by atoms with van der Waals surface area (Å²) in [7, 11) is 0. The van der Waals surface area contributed by atoms with Crippen LogP contribution in [0.15, 0.2) is 96.1 Å². The second-order valence-corrected chi connectivity index (χ2v) is 33.7. The molecular formula is C50H58Cl2Hf. The maximum Gasteiger partial charge on any atom is -1.00 e. The summed E-state index contributed by atoms with van der Waals surface area (Å²) < 4.78 is 4.63. The Kier molecular flexibility index (Phi) is 12.5. The number of hydrogen-bond acceptors (Lipinski definition) is 0. The van der Waals surface area contributed by atoms with E-state index in [1.165, 1.54) is 123 Å². The van der Waals surface area contributed by atoms with E-state index < -0.39 is 20.0 Å². The van der Waals surface area contributed by atoms with Crippen molar-refractivity contribution in [2.45, 2.75) is 119 Å². The molecule has 0 amide bonds. The van der Waals surface area contributed by atoms with Gasteiger partial charge in [-0.25, -0.2) is 0 Å². The van der Waals surface area contributed by atoms with E-state index in [2.05, 4.69) is 111 Å². The molecular weight excluding hydrogens is 850 g/mol. The van der Waals surface area contributed by atoms with Crippen molar-refractivity contribution in [3.05, 3.63) is 129 Å². The van der Waals surface area contributed by atoms with E-state index in [9.17, 15) is 0 Å². The average molecular weight is 908 g/mol. The Hall–Kier alpha value is -2.19. The van der Waals surface area contributed by atoms with E-state index in [1.807, 2.05) is 11.1 Å². The zero-order valence-electron chi connectivity index (χ0n) is 32.1. The molecule has 9 rings (SSSR count). The number of rotatable bonds is 10. The average Bonchev–Trinajstić information content (AvgIpc) is 3.70. The molecule has 2 atom stereocenters. The molecule has 4 aliphatic carbocycles. The summed E-state index contributed by atoms with van der Waals surface area (Å²) in [5.41, 5.74) is 19.2. The molecule has 3 heteroatoms. The summed E-state index contributed by atoms with van der Waals surface area (Å²) in [4.78, 5) is 0. The molecule has 0 aromatic heterocycles. The van der Waals surface area contributed by atoms with Crippen LogP contribution in [-0.4, -0.2) is 0 Å². The topological polar surface area (TPSA) is 0 Å². The van der Waals surface area contributed by atoms with Crippen molar-refractivity contribution in [3.8, 4) is 22.3 Å². The van der Waals surface area contributed by atoms with Gasteiger partial charge in [-0.1, -0.05) is 0 Å². The predicted molar refractivity (Wildman–Crippen MR) is 216 cm³/mol. The van der Waals surface area contributed by atoms with Gasteiger partial charge in [0.1, 0.15) is 0 Å². The van der Waals surface area contributed by atoms with Gasteiger partial charge >= 0.3 is 315 Å². The molecule has 53 heavy (non-hydrogen) atoms. The Morgan fingerprint density at radius 2 is 0.887 bits per heavy atom. The molecule has 2 unspecified atom stereocenters. The summed E-state index contributed by atoms with van der Waals surface area (Å²) in [5.74, 6) is 1.56. The van der Waals surface area contributed by atoms with Crippen molar-refractivity contribution < 1.29 is 44.8 Å². The standard InChI is InChI=1S/2C24H27.C2H4.2ClH.Hf/c2*1-2-7-18-12-14-20(15-13-18)23-11-6-10-21-16-22(17-24(21)23)19-8-4-3-5-9-19;1-2;;;/h2*6,10-17,19H,2-5,7-9H2,1H3;1-2H2;2*1H;/q;;;;;+2/p-2. The quantitative estimate of drug-likeness (QED) is 0.140. The smallest absolute Gasteiger partial charge is 1.00 e. The fraction of sp³-hybridized carbons (Fsp3) is 0.440. The van der Waals surface area contributed by atoms with Crippen LogP contribution in [0.2, 0.25) is 8.35 Å².